The molecule has 0 aromatic heterocycles. The van der Waals surface area contributed by atoms with Crippen LogP contribution in [0, 0.1) is 11.8 Å². The zero-order chi connectivity index (χ0) is 9.68. The Labute approximate surface area is 86.3 Å². The summed E-state index contributed by atoms with van der Waals surface area (Å²) in [6.45, 7) is 3.27. The van der Waals surface area contributed by atoms with Crippen LogP contribution < -0.4 is 11.1 Å². The second kappa shape index (κ2) is 5.43. The second-order valence-electron chi connectivity index (χ2n) is 4.04. The minimum atomic E-state index is 0.442. The van der Waals surface area contributed by atoms with E-state index in [1.165, 1.54) is 32.1 Å². The van der Waals surface area contributed by atoms with Crippen molar-refractivity contribution in [3.63, 3.8) is 0 Å². The van der Waals surface area contributed by atoms with Crippen molar-refractivity contribution in [3.8, 4) is 0 Å². The van der Waals surface area contributed by atoms with E-state index >= 15 is 0 Å². The molecular weight excluding hydrogens is 180 g/mol. The summed E-state index contributed by atoms with van der Waals surface area (Å²) in [5.74, 6) is 1.77. The van der Waals surface area contributed by atoms with Crippen LogP contribution in [0.25, 0.3) is 0 Å². The fourth-order valence-electron chi connectivity index (χ4n) is 2.09. The average Bonchev–Trinajstić information content (AvgIpc) is 2.15. The molecule has 1 aliphatic carbocycles. The Balaban J connectivity index is 2.14. The van der Waals surface area contributed by atoms with Crippen LogP contribution in [0.1, 0.15) is 39.0 Å². The van der Waals surface area contributed by atoms with E-state index in [1.54, 1.807) is 0 Å². The molecule has 1 fully saturated rings. The molecule has 0 spiro atoms. The van der Waals surface area contributed by atoms with Gasteiger partial charge in [0.25, 0.3) is 0 Å². The van der Waals surface area contributed by atoms with E-state index in [2.05, 4.69) is 12.2 Å². The van der Waals surface area contributed by atoms with Gasteiger partial charge in [0.2, 0.25) is 0 Å². The molecule has 0 saturated heterocycles. The molecule has 1 saturated carbocycles. The minimum absolute atomic E-state index is 0.442. The van der Waals surface area contributed by atoms with E-state index in [-0.39, 0.29) is 0 Å². The van der Waals surface area contributed by atoms with Gasteiger partial charge in [0.05, 0.1) is 0 Å². The van der Waals surface area contributed by atoms with Crippen LogP contribution in [0.15, 0.2) is 0 Å². The van der Waals surface area contributed by atoms with Gasteiger partial charge in [-0.25, -0.2) is 0 Å². The van der Waals surface area contributed by atoms with Crippen LogP contribution in [0.4, 0.5) is 0 Å². The van der Waals surface area contributed by atoms with Gasteiger partial charge in [-0.1, -0.05) is 26.2 Å². The molecule has 1 rings (SSSR count). The summed E-state index contributed by atoms with van der Waals surface area (Å²) in [6, 6.07) is 0. The van der Waals surface area contributed by atoms with Gasteiger partial charge in [-0.05, 0) is 36.9 Å². The molecule has 0 amide bonds. The molecule has 0 radical (unpaired) electrons. The van der Waals surface area contributed by atoms with Crippen molar-refractivity contribution < 1.29 is 0 Å². The lowest BCUT2D eigenvalue weighted by Crippen LogP contribution is -2.34. The predicted molar refractivity (Wildman–Crippen MR) is 60.5 cm³/mol. The van der Waals surface area contributed by atoms with Crippen molar-refractivity contribution in [2.45, 2.75) is 39.0 Å². The summed E-state index contributed by atoms with van der Waals surface area (Å²) in [5, 5.41) is 3.50. The standard InChI is InChI=1S/C10H20N2S/c1-2-8-3-5-9(6-4-8)7-12-10(11)13/h8-9H,2-7H2,1H3,(H3,11,12,13). The highest BCUT2D eigenvalue weighted by molar-refractivity contribution is 7.80. The number of nitrogens with two attached hydrogens (primary N) is 1. The van der Waals surface area contributed by atoms with Crippen molar-refractivity contribution in [2.24, 2.45) is 17.6 Å². The van der Waals surface area contributed by atoms with E-state index in [0.29, 0.717) is 5.11 Å². The largest absolute Gasteiger partial charge is 0.376 e. The maximum Gasteiger partial charge on any atom is 0.163 e. The molecule has 3 heteroatoms. The average molecular weight is 200 g/mol. The smallest absolute Gasteiger partial charge is 0.163 e. The van der Waals surface area contributed by atoms with Gasteiger partial charge in [-0.2, -0.15) is 0 Å². The highest BCUT2D eigenvalue weighted by Gasteiger charge is 2.19. The lowest BCUT2D eigenvalue weighted by molar-refractivity contribution is 0.269. The SMILES string of the molecule is CCC1CCC(CNC(N)=S)CC1. The Kier molecular flexibility index (Phi) is 4.50. The molecule has 0 heterocycles. The molecule has 0 aromatic rings. The quantitative estimate of drug-likeness (QED) is 0.685. The van der Waals surface area contributed by atoms with Crippen molar-refractivity contribution in [3.05, 3.63) is 0 Å². The zero-order valence-electron chi connectivity index (χ0n) is 8.38. The molecule has 13 heavy (non-hydrogen) atoms. The lowest BCUT2D eigenvalue weighted by Gasteiger charge is -2.27. The molecule has 3 N–H and O–H groups in total. The Hall–Kier alpha value is -0.310. The number of nitrogens with one attached hydrogen (secondary N) is 1. The van der Waals surface area contributed by atoms with Crippen LogP contribution >= 0.6 is 12.2 Å². The fraction of sp³-hybridized carbons (Fsp3) is 0.900. The van der Waals surface area contributed by atoms with Crippen LogP contribution in [0.5, 0.6) is 0 Å². The third-order valence-electron chi connectivity index (χ3n) is 3.11. The lowest BCUT2D eigenvalue weighted by atomic mass is 9.81. The summed E-state index contributed by atoms with van der Waals surface area (Å²) >= 11 is 4.78. The van der Waals surface area contributed by atoms with E-state index in [1.807, 2.05) is 0 Å². The molecular formula is C10H20N2S. The van der Waals surface area contributed by atoms with Crippen LogP contribution in [-0.2, 0) is 0 Å². The first-order chi connectivity index (χ1) is 6.22. The van der Waals surface area contributed by atoms with Crippen LogP contribution in [0.2, 0.25) is 0 Å². The molecule has 0 atom stereocenters. The Bertz CT molecular complexity index is 162. The van der Waals surface area contributed by atoms with Crippen LogP contribution in [-0.4, -0.2) is 11.7 Å². The summed E-state index contributed by atoms with van der Waals surface area (Å²) in [7, 11) is 0. The molecule has 2 nitrogen and oxygen atoms in total. The normalized spacial score (nSPS) is 28.4. The summed E-state index contributed by atoms with van der Waals surface area (Å²) in [5.41, 5.74) is 5.38. The zero-order valence-corrected chi connectivity index (χ0v) is 9.20. The van der Waals surface area contributed by atoms with Crippen molar-refractivity contribution >= 4 is 17.3 Å². The Morgan fingerprint density at radius 3 is 2.31 bits per heavy atom. The number of hydrogen-bond acceptors (Lipinski definition) is 1. The van der Waals surface area contributed by atoms with E-state index in [4.69, 9.17) is 18.0 Å². The third kappa shape index (κ3) is 3.94. The van der Waals surface area contributed by atoms with Gasteiger partial charge in [-0.15, -0.1) is 0 Å². The van der Waals surface area contributed by atoms with Gasteiger partial charge in [0.1, 0.15) is 0 Å². The molecule has 0 aromatic carbocycles. The summed E-state index contributed by atoms with van der Waals surface area (Å²) < 4.78 is 0. The van der Waals surface area contributed by atoms with Crippen molar-refractivity contribution in [2.75, 3.05) is 6.54 Å². The number of rotatable bonds is 3. The maximum absolute atomic E-state index is 5.38. The number of thiocarbonyl (C=S) groups is 1. The second-order valence-corrected chi connectivity index (χ2v) is 4.48. The highest BCUT2D eigenvalue weighted by atomic mass is 32.1. The third-order valence-corrected chi connectivity index (χ3v) is 3.25. The van der Waals surface area contributed by atoms with Crippen molar-refractivity contribution in [1.29, 1.82) is 0 Å². The fourth-order valence-corrected chi connectivity index (χ4v) is 2.17. The van der Waals surface area contributed by atoms with Crippen LogP contribution in [0.3, 0.4) is 0 Å². The summed E-state index contributed by atoms with van der Waals surface area (Å²) in [6.07, 6.45) is 6.80. The molecule has 1 aliphatic rings. The monoisotopic (exact) mass is 200 g/mol. The minimum Gasteiger partial charge on any atom is -0.376 e. The highest BCUT2D eigenvalue weighted by Crippen LogP contribution is 2.29. The predicted octanol–water partition coefficient (Wildman–Crippen LogP) is 2.04. The first-order valence-corrected chi connectivity index (χ1v) is 5.66. The van der Waals surface area contributed by atoms with Gasteiger partial charge in [0.15, 0.2) is 5.11 Å². The Morgan fingerprint density at radius 1 is 1.31 bits per heavy atom. The molecule has 0 unspecified atom stereocenters. The molecule has 76 valence electrons. The van der Waals surface area contributed by atoms with E-state index < -0.39 is 0 Å². The Morgan fingerprint density at radius 2 is 1.85 bits per heavy atom. The van der Waals surface area contributed by atoms with E-state index in [0.717, 1.165) is 18.4 Å². The first-order valence-electron chi connectivity index (χ1n) is 5.25. The molecule has 0 bridgehead atoms. The first kappa shape index (κ1) is 10.8. The molecule has 0 aliphatic heterocycles. The van der Waals surface area contributed by atoms with Gasteiger partial charge in [-0.3, -0.25) is 0 Å². The van der Waals surface area contributed by atoms with Gasteiger partial charge >= 0.3 is 0 Å². The van der Waals surface area contributed by atoms with Crippen molar-refractivity contribution in [1.82, 2.24) is 5.32 Å². The van der Waals surface area contributed by atoms with Gasteiger partial charge < -0.3 is 11.1 Å². The summed E-state index contributed by atoms with van der Waals surface area (Å²) in [4.78, 5) is 0. The van der Waals surface area contributed by atoms with Gasteiger partial charge in [0, 0.05) is 6.54 Å². The van der Waals surface area contributed by atoms with E-state index in [9.17, 15) is 0 Å². The maximum atomic E-state index is 5.38. The number of hydrogen-bond donors (Lipinski definition) is 2. The topological polar surface area (TPSA) is 38.0 Å².